The molecule has 0 aliphatic rings. The van der Waals surface area contributed by atoms with Gasteiger partial charge in [-0.3, -0.25) is 0 Å². The second kappa shape index (κ2) is 7.37. The largest absolute Gasteiger partial charge is 0.346 e. The van der Waals surface area contributed by atoms with E-state index in [-0.39, 0.29) is 0 Å². The van der Waals surface area contributed by atoms with E-state index in [1.807, 2.05) is 98.3 Å². The zero-order valence-corrected chi connectivity index (χ0v) is 17.6. The first-order chi connectivity index (χ1) is 13.9. The van der Waals surface area contributed by atoms with Gasteiger partial charge in [-0.25, -0.2) is 8.42 Å². The van der Waals surface area contributed by atoms with Crippen LogP contribution in [0.2, 0.25) is 0 Å². The summed E-state index contributed by atoms with van der Waals surface area (Å²) in [6.07, 6.45) is 0. The molecule has 3 nitrogen and oxygen atoms in total. The third-order valence-corrected chi connectivity index (χ3v) is 7.18. The van der Waals surface area contributed by atoms with Crippen molar-refractivity contribution in [3.8, 4) is 22.4 Å². The Morgan fingerprint density at radius 1 is 0.690 bits per heavy atom. The van der Waals surface area contributed by atoms with Gasteiger partial charge < -0.3 is 4.57 Å². The summed E-state index contributed by atoms with van der Waals surface area (Å²) >= 11 is 0. The SMILES string of the molecule is Cc1ccc(S(=O)(=O)c2c(-c3ccccc3)c(C)n(C)c2-c2ccccc2)cc1. The fraction of sp³-hybridized carbons (Fsp3) is 0.120. The van der Waals surface area contributed by atoms with Crippen LogP contribution in [0, 0.1) is 13.8 Å². The van der Waals surface area contributed by atoms with E-state index in [1.165, 1.54) is 0 Å². The number of nitrogens with zero attached hydrogens (tertiary/aromatic N) is 1. The van der Waals surface area contributed by atoms with E-state index in [4.69, 9.17) is 0 Å². The number of aryl methyl sites for hydroxylation is 1. The van der Waals surface area contributed by atoms with Crippen molar-refractivity contribution in [3.05, 3.63) is 96.2 Å². The van der Waals surface area contributed by atoms with Gasteiger partial charge in [-0.15, -0.1) is 0 Å². The lowest BCUT2D eigenvalue weighted by Crippen LogP contribution is -2.05. The van der Waals surface area contributed by atoms with Crippen LogP contribution >= 0.6 is 0 Å². The molecule has 0 unspecified atom stereocenters. The molecule has 1 aromatic heterocycles. The predicted molar refractivity (Wildman–Crippen MR) is 118 cm³/mol. The predicted octanol–water partition coefficient (Wildman–Crippen LogP) is 5.81. The lowest BCUT2D eigenvalue weighted by Gasteiger charge is -2.11. The van der Waals surface area contributed by atoms with E-state index in [2.05, 4.69) is 0 Å². The van der Waals surface area contributed by atoms with Crippen LogP contribution in [-0.4, -0.2) is 13.0 Å². The molecule has 146 valence electrons. The maximum atomic E-state index is 13.9. The lowest BCUT2D eigenvalue weighted by molar-refractivity contribution is 0.596. The topological polar surface area (TPSA) is 39.1 Å². The van der Waals surface area contributed by atoms with Gasteiger partial charge in [0.1, 0.15) is 4.90 Å². The van der Waals surface area contributed by atoms with Crippen LogP contribution in [0.25, 0.3) is 22.4 Å². The lowest BCUT2D eigenvalue weighted by atomic mass is 10.1. The van der Waals surface area contributed by atoms with Crippen LogP contribution in [0.3, 0.4) is 0 Å². The Labute approximate surface area is 172 Å². The first-order valence-electron chi connectivity index (χ1n) is 9.53. The van der Waals surface area contributed by atoms with Crippen LogP contribution < -0.4 is 0 Å². The summed E-state index contributed by atoms with van der Waals surface area (Å²) < 4.78 is 29.8. The van der Waals surface area contributed by atoms with Gasteiger partial charge in [-0.05, 0) is 37.1 Å². The summed E-state index contributed by atoms with van der Waals surface area (Å²) in [5, 5.41) is 0. The standard InChI is InChI=1S/C25H23NO2S/c1-18-14-16-22(17-15-18)29(27,28)25-23(20-10-6-4-7-11-20)19(2)26(3)24(25)21-12-8-5-9-13-21/h4-17H,1-3H3. The molecule has 4 rings (SSSR count). The van der Waals surface area contributed by atoms with Gasteiger partial charge in [0.25, 0.3) is 0 Å². The maximum Gasteiger partial charge on any atom is 0.209 e. The van der Waals surface area contributed by atoms with Crippen molar-refractivity contribution in [1.82, 2.24) is 4.57 Å². The van der Waals surface area contributed by atoms with E-state index < -0.39 is 9.84 Å². The molecule has 0 atom stereocenters. The molecule has 0 spiro atoms. The Balaban J connectivity index is 2.11. The van der Waals surface area contributed by atoms with Crippen molar-refractivity contribution in [1.29, 1.82) is 0 Å². The summed E-state index contributed by atoms with van der Waals surface area (Å²) in [5.41, 5.74) is 5.19. The Bertz CT molecular complexity index is 1190. The van der Waals surface area contributed by atoms with Gasteiger partial charge in [-0.2, -0.15) is 0 Å². The van der Waals surface area contributed by atoms with Gasteiger partial charge in [0.15, 0.2) is 0 Å². The Morgan fingerprint density at radius 2 is 1.21 bits per heavy atom. The Kier molecular flexibility index (Phi) is 4.89. The number of aromatic nitrogens is 1. The normalized spacial score (nSPS) is 11.6. The molecule has 0 fully saturated rings. The molecule has 0 amide bonds. The van der Waals surface area contributed by atoms with E-state index in [0.717, 1.165) is 27.9 Å². The Hall–Kier alpha value is -3.11. The third kappa shape index (κ3) is 3.30. The molecule has 0 saturated carbocycles. The van der Waals surface area contributed by atoms with Crippen LogP contribution in [0.15, 0.2) is 94.7 Å². The van der Waals surface area contributed by atoms with Crippen molar-refractivity contribution in [2.24, 2.45) is 7.05 Å². The molecule has 29 heavy (non-hydrogen) atoms. The number of benzene rings is 3. The van der Waals surface area contributed by atoms with Crippen molar-refractivity contribution < 1.29 is 8.42 Å². The quantitative estimate of drug-likeness (QED) is 0.433. The summed E-state index contributed by atoms with van der Waals surface area (Å²) in [7, 11) is -1.81. The molecule has 3 aromatic carbocycles. The molecule has 0 radical (unpaired) electrons. The molecule has 0 bridgehead atoms. The molecule has 4 aromatic rings. The minimum absolute atomic E-state index is 0.308. The van der Waals surface area contributed by atoms with Crippen LogP contribution in [0.4, 0.5) is 0 Å². The number of sulfone groups is 1. The van der Waals surface area contributed by atoms with Crippen LogP contribution in [0.5, 0.6) is 0 Å². The third-order valence-electron chi connectivity index (χ3n) is 5.35. The summed E-state index contributed by atoms with van der Waals surface area (Å²) in [6, 6.07) is 26.5. The van der Waals surface area contributed by atoms with E-state index in [0.29, 0.717) is 15.5 Å². The molecular weight excluding hydrogens is 378 g/mol. The molecule has 1 heterocycles. The molecule has 4 heteroatoms. The van der Waals surface area contributed by atoms with Crippen LogP contribution in [0.1, 0.15) is 11.3 Å². The highest BCUT2D eigenvalue weighted by Gasteiger charge is 2.31. The summed E-state index contributed by atoms with van der Waals surface area (Å²) in [6.45, 7) is 3.93. The van der Waals surface area contributed by atoms with Crippen molar-refractivity contribution in [2.75, 3.05) is 0 Å². The fourth-order valence-electron chi connectivity index (χ4n) is 3.73. The van der Waals surface area contributed by atoms with E-state index in [1.54, 1.807) is 12.1 Å². The van der Waals surface area contributed by atoms with E-state index >= 15 is 0 Å². The van der Waals surface area contributed by atoms with Gasteiger partial charge in [-0.1, -0.05) is 78.4 Å². The fourth-order valence-corrected chi connectivity index (χ4v) is 5.51. The van der Waals surface area contributed by atoms with Crippen molar-refractivity contribution >= 4 is 9.84 Å². The maximum absolute atomic E-state index is 13.9. The number of rotatable bonds is 4. The first kappa shape index (κ1) is 19.2. The zero-order chi connectivity index (χ0) is 20.6. The van der Waals surface area contributed by atoms with Crippen LogP contribution in [-0.2, 0) is 16.9 Å². The van der Waals surface area contributed by atoms with Gasteiger partial charge in [0.2, 0.25) is 9.84 Å². The molecule has 0 N–H and O–H groups in total. The zero-order valence-electron chi connectivity index (χ0n) is 16.8. The summed E-state index contributed by atoms with van der Waals surface area (Å²) in [4.78, 5) is 0.668. The highest BCUT2D eigenvalue weighted by atomic mass is 32.2. The van der Waals surface area contributed by atoms with Crippen molar-refractivity contribution in [3.63, 3.8) is 0 Å². The average molecular weight is 402 g/mol. The highest BCUT2D eigenvalue weighted by molar-refractivity contribution is 7.91. The number of hydrogen-bond acceptors (Lipinski definition) is 2. The van der Waals surface area contributed by atoms with Gasteiger partial charge in [0.05, 0.1) is 10.6 Å². The van der Waals surface area contributed by atoms with E-state index in [9.17, 15) is 8.42 Å². The molecular formula is C25H23NO2S. The van der Waals surface area contributed by atoms with Gasteiger partial charge in [0, 0.05) is 18.3 Å². The minimum atomic E-state index is -3.74. The average Bonchev–Trinajstić information content (AvgIpc) is 3.01. The summed E-state index contributed by atoms with van der Waals surface area (Å²) in [5.74, 6) is 0. The highest BCUT2D eigenvalue weighted by Crippen LogP contribution is 2.42. The Morgan fingerprint density at radius 3 is 1.76 bits per heavy atom. The minimum Gasteiger partial charge on any atom is -0.346 e. The molecule has 0 saturated heterocycles. The van der Waals surface area contributed by atoms with Crippen molar-refractivity contribution in [2.45, 2.75) is 23.6 Å². The smallest absolute Gasteiger partial charge is 0.209 e. The molecule has 0 aliphatic carbocycles. The monoisotopic (exact) mass is 401 g/mol. The first-order valence-corrected chi connectivity index (χ1v) is 11.0. The number of hydrogen-bond donors (Lipinski definition) is 0. The van der Waals surface area contributed by atoms with Gasteiger partial charge >= 0.3 is 0 Å². The molecule has 0 aliphatic heterocycles. The second-order valence-corrected chi connectivity index (χ2v) is 9.13. The second-order valence-electron chi connectivity index (χ2n) is 7.25.